The first kappa shape index (κ1) is 35.5. The van der Waals surface area contributed by atoms with E-state index < -0.39 is 36.3 Å². The van der Waals surface area contributed by atoms with Crippen molar-refractivity contribution in [2.75, 3.05) is 6.61 Å². The highest BCUT2D eigenvalue weighted by Gasteiger charge is 2.49. The summed E-state index contributed by atoms with van der Waals surface area (Å²) in [5.41, 5.74) is 4.87. The van der Waals surface area contributed by atoms with E-state index in [1.54, 1.807) is 0 Å². The Kier molecular flexibility index (Phi) is 12.0. The molecule has 5 atom stereocenters. The summed E-state index contributed by atoms with van der Waals surface area (Å²) in [7, 11) is 0. The average Bonchev–Trinajstić information content (AvgIpc) is 3.22. The van der Waals surface area contributed by atoms with Crippen LogP contribution in [0, 0.1) is 0 Å². The lowest BCUT2D eigenvalue weighted by Gasteiger charge is -2.45. The van der Waals surface area contributed by atoms with Gasteiger partial charge in [0, 0.05) is 0 Å². The second-order valence-corrected chi connectivity index (χ2v) is 12.9. The summed E-state index contributed by atoms with van der Waals surface area (Å²) in [4.78, 5) is 0. The van der Waals surface area contributed by atoms with E-state index in [9.17, 15) is 5.11 Å². The van der Waals surface area contributed by atoms with Crippen LogP contribution >= 0.6 is 0 Å². The van der Waals surface area contributed by atoms with Gasteiger partial charge in [0.25, 0.3) is 0 Å². The van der Waals surface area contributed by atoms with Gasteiger partial charge in [0.05, 0.1) is 26.4 Å². The molecule has 7 rings (SSSR count). The second kappa shape index (κ2) is 17.5. The van der Waals surface area contributed by atoms with Crippen molar-refractivity contribution in [3.8, 4) is 0 Å². The third-order valence-electron chi connectivity index (χ3n) is 9.47. The van der Waals surface area contributed by atoms with Crippen molar-refractivity contribution in [3.63, 3.8) is 0 Å². The van der Waals surface area contributed by atoms with E-state index in [0.29, 0.717) is 13.2 Å². The molecule has 1 heterocycles. The molecule has 1 aliphatic rings. The Labute approximate surface area is 306 Å². The van der Waals surface area contributed by atoms with Crippen LogP contribution in [0.3, 0.4) is 0 Å². The summed E-state index contributed by atoms with van der Waals surface area (Å²) in [6.07, 6.45) is -4.26. The number of hydrogen-bond acceptors (Lipinski definition) is 6. The Bertz CT molecular complexity index is 1800. The fourth-order valence-electron chi connectivity index (χ4n) is 6.87. The molecule has 1 fully saturated rings. The maximum Gasteiger partial charge on any atom is 0.184 e. The van der Waals surface area contributed by atoms with Crippen molar-refractivity contribution >= 4 is 0 Å². The molecule has 1 aliphatic heterocycles. The lowest BCUT2D eigenvalue weighted by molar-refractivity contribution is -0.319. The smallest absolute Gasteiger partial charge is 0.184 e. The van der Waals surface area contributed by atoms with Crippen LogP contribution in [0.5, 0.6) is 0 Å². The monoisotopic (exact) mass is 692 g/mol. The van der Waals surface area contributed by atoms with Gasteiger partial charge in [-0.3, -0.25) is 0 Å². The number of benzene rings is 6. The molecule has 0 bridgehead atoms. The molecule has 0 saturated carbocycles. The molecule has 264 valence electrons. The van der Waals surface area contributed by atoms with Crippen LogP contribution in [-0.4, -0.2) is 42.4 Å². The van der Waals surface area contributed by atoms with Crippen molar-refractivity contribution in [2.24, 2.45) is 0 Å². The molecule has 6 nitrogen and oxygen atoms in total. The first-order valence-corrected chi connectivity index (χ1v) is 17.8. The minimum atomic E-state index is -1.31. The zero-order chi connectivity index (χ0) is 35.4. The standard InChI is InChI=1S/C46H44O6/c47-45-44(50-33-37-23-11-3-12-24-37)43(49-32-36-21-9-2-10-22-36)42(48-31-35-19-7-1-8-20-35)41(52-45)34-51-46(38-25-13-4-14-26-38,39-27-15-5-16-28-39)40-29-17-6-18-30-40/h1-30,41-45,47H,31-34H2/t41-,42-,43+,44+,45+/m1/s1. The summed E-state index contributed by atoms with van der Waals surface area (Å²) in [5, 5.41) is 11.7. The molecule has 0 aromatic heterocycles. The molecular formula is C46H44O6. The Balaban J connectivity index is 1.25. The van der Waals surface area contributed by atoms with Crippen LogP contribution in [0.2, 0.25) is 0 Å². The summed E-state index contributed by atoms with van der Waals surface area (Å²) < 4.78 is 33.6. The first-order chi connectivity index (χ1) is 25.7. The molecule has 6 aromatic rings. The predicted octanol–water partition coefficient (Wildman–Crippen LogP) is 8.47. The summed E-state index contributed by atoms with van der Waals surface area (Å²) in [6, 6.07) is 60.5. The zero-order valence-corrected chi connectivity index (χ0v) is 29.0. The Morgan fingerprint density at radius 2 is 0.750 bits per heavy atom. The highest BCUT2D eigenvalue weighted by atomic mass is 16.7. The van der Waals surface area contributed by atoms with Gasteiger partial charge >= 0.3 is 0 Å². The minimum absolute atomic E-state index is 0.0752. The van der Waals surface area contributed by atoms with E-state index in [0.717, 1.165) is 33.4 Å². The molecule has 52 heavy (non-hydrogen) atoms. The number of hydrogen-bond donors (Lipinski definition) is 1. The van der Waals surface area contributed by atoms with Crippen molar-refractivity contribution < 1.29 is 28.8 Å². The van der Waals surface area contributed by atoms with Gasteiger partial charge < -0.3 is 28.8 Å². The van der Waals surface area contributed by atoms with E-state index in [-0.39, 0.29) is 13.2 Å². The molecule has 0 radical (unpaired) electrons. The maximum atomic E-state index is 11.7. The zero-order valence-electron chi connectivity index (χ0n) is 29.0. The molecular weight excluding hydrogens is 649 g/mol. The van der Waals surface area contributed by atoms with Gasteiger partial charge in [-0.25, -0.2) is 0 Å². The van der Waals surface area contributed by atoms with Crippen LogP contribution in [0.4, 0.5) is 0 Å². The van der Waals surface area contributed by atoms with Gasteiger partial charge in [0.1, 0.15) is 30.0 Å². The average molecular weight is 693 g/mol. The van der Waals surface area contributed by atoms with E-state index >= 15 is 0 Å². The first-order valence-electron chi connectivity index (χ1n) is 17.8. The molecule has 1 N–H and O–H groups in total. The highest BCUT2D eigenvalue weighted by molar-refractivity contribution is 5.47. The predicted molar refractivity (Wildman–Crippen MR) is 201 cm³/mol. The van der Waals surface area contributed by atoms with Crippen LogP contribution < -0.4 is 0 Å². The van der Waals surface area contributed by atoms with E-state index in [4.69, 9.17) is 23.7 Å². The van der Waals surface area contributed by atoms with Crippen LogP contribution in [0.25, 0.3) is 0 Å². The molecule has 0 amide bonds. The fraction of sp³-hybridized carbons (Fsp3) is 0.217. The lowest BCUT2D eigenvalue weighted by atomic mass is 9.80. The van der Waals surface area contributed by atoms with Gasteiger partial charge in [0.15, 0.2) is 6.29 Å². The van der Waals surface area contributed by atoms with Crippen molar-refractivity contribution in [3.05, 3.63) is 215 Å². The Morgan fingerprint density at radius 3 is 1.13 bits per heavy atom. The summed E-state index contributed by atoms with van der Waals surface area (Å²) in [6.45, 7) is 0.943. The van der Waals surface area contributed by atoms with Crippen molar-refractivity contribution in [2.45, 2.75) is 56.1 Å². The molecule has 1 saturated heterocycles. The van der Waals surface area contributed by atoms with Gasteiger partial charge in [0.2, 0.25) is 0 Å². The Morgan fingerprint density at radius 1 is 0.423 bits per heavy atom. The number of ether oxygens (including phenoxy) is 5. The SMILES string of the molecule is O[C@H]1O[C@H](COC(c2ccccc2)(c2ccccc2)c2ccccc2)[C@@H](OCc2ccccc2)[C@H](OCc2ccccc2)[C@@H]1OCc1ccccc1. The third-order valence-corrected chi connectivity index (χ3v) is 9.47. The van der Waals surface area contributed by atoms with E-state index in [1.165, 1.54) is 0 Å². The topological polar surface area (TPSA) is 66.4 Å². The largest absolute Gasteiger partial charge is 0.368 e. The maximum absolute atomic E-state index is 11.7. The molecule has 0 aliphatic carbocycles. The second-order valence-electron chi connectivity index (χ2n) is 12.9. The van der Waals surface area contributed by atoms with Crippen LogP contribution in [0.15, 0.2) is 182 Å². The highest BCUT2D eigenvalue weighted by Crippen LogP contribution is 2.41. The molecule has 0 spiro atoms. The number of rotatable bonds is 15. The molecule has 6 heteroatoms. The van der Waals surface area contributed by atoms with Gasteiger partial charge in [-0.05, 0) is 33.4 Å². The third kappa shape index (κ3) is 8.41. The number of aliphatic hydroxyl groups is 1. The normalized spacial score (nSPS) is 20.4. The van der Waals surface area contributed by atoms with Gasteiger partial charge in [-0.15, -0.1) is 0 Å². The van der Waals surface area contributed by atoms with Gasteiger partial charge in [-0.1, -0.05) is 182 Å². The van der Waals surface area contributed by atoms with Crippen LogP contribution in [0.1, 0.15) is 33.4 Å². The number of aliphatic hydroxyl groups excluding tert-OH is 1. The van der Waals surface area contributed by atoms with Crippen molar-refractivity contribution in [1.29, 1.82) is 0 Å². The quantitative estimate of drug-likeness (QED) is 0.109. The summed E-state index contributed by atoms with van der Waals surface area (Å²) >= 11 is 0. The van der Waals surface area contributed by atoms with Gasteiger partial charge in [-0.2, -0.15) is 0 Å². The van der Waals surface area contributed by atoms with E-state index in [2.05, 4.69) is 36.4 Å². The van der Waals surface area contributed by atoms with Crippen molar-refractivity contribution in [1.82, 2.24) is 0 Å². The summed E-state index contributed by atoms with van der Waals surface area (Å²) in [5.74, 6) is 0. The minimum Gasteiger partial charge on any atom is -0.368 e. The fourth-order valence-corrected chi connectivity index (χ4v) is 6.87. The molecule has 6 aromatic carbocycles. The van der Waals surface area contributed by atoms with Crippen LogP contribution in [-0.2, 0) is 49.1 Å². The lowest BCUT2D eigenvalue weighted by Crippen LogP contribution is -2.61. The van der Waals surface area contributed by atoms with E-state index in [1.807, 2.05) is 146 Å². The Hall–Kier alpha value is -4.92. The molecule has 0 unspecified atom stereocenters.